The van der Waals surface area contributed by atoms with Gasteiger partial charge in [0, 0.05) is 21.0 Å². The van der Waals surface area contributed by atoms with E-state index in [-0.39, 0.29) is 0 Å². The first kappa shape index (κ1) is 12.9. The molecular formula is C11H19NOSSi. The number of ether oxygens (including phenoxy) is 1. The van der Waals surface area contributed by atoms with Gasteiger partial charge in [-0.15, -0.1) is 11.3 Å². The number of aromatic nitrogens is 1. The van der Waals surface area contributed by atoms with Crippen LogP contribution in [0.25, 0.3) is 0 Å². The fourth-order valence-electron chi connectivity index (χ4n) is 1.09. The van der Waals surface area contributed by atoms with Crippen molar-refractivity contribution in [3.05, 3.63) is 16.1 Å². The zero-order valence-corrected chi connectivity index (χ0v) is 11.8. The Labute approximate surface area is 98.9 Å². The minimum absolute atomic E-state index is 0.428. The van der Waals surface area contributed by atoms with Crippen LogP contribution >= 0.6 is 11.3 Å². The molecule has 0 unspecified atom stereocenters. The molecule has 2 radical (unpaired) electrons. The van der Waals surface area contributed by atoms with Crippen LogP contribution in [0.4, 0.5) is 0 Å². The Morgan fingerprint density at radius 3 is 2.80 bits per heavy atom. The number of aryl methyl sites for hydroxylation is 1. The molecule has 84 valence electrons. The molecule has 1 aromatic heterocycles. The first-order chi connectivity index (χ1) is 7.05. The minimum Gasteiger partial charge on any atom is -0.375 e. The van der Waals surface area contributed by atoms with E-state index >= 15 is 0 Å². The van der Waals surface area contributed by atoms with Crippen molar-refractivity contribution in [2.75, 3.05) is 6.61 Å². The highest BCUT2D eigenvalue weighted by molar-refractivity contribution is 7.09. The minimum atomic E-state index is 0.428. The fourth-order valence-corrected chi connectivity index (χ4v) is 2.03. The van der Waals surface area contributed by atoms with Crippen LogP contribution in [-0.2, 0) is 11.3 Å². The molecule has 15 heavy (non-hydrogen) atoms. The summed E-state index contributed by atoms with van der Waals surface area (Å²) in [5, 5.41) is 0.428. The average molecular weight is 241 g/mol. The van der Waals surface area contributed by atoms with Gasteiger partial charge in [-0.2, -0.15) is 0 Å². The third-order valence-corrected chi connectivity index (χ3v) is 5.03. The lowest BCUT2D eigenvalue weighted by atomic mass is 10.1. The molecule has 0 aliphatic heterocycles. The van der Waals surface area contributed by atoms with E-state index in [1.165, 1.54) is 4.88 Å². The van der Waals surface area contributed by atoms with Crippen LogP contribution in [0.15, 0.2) is 5.51 Å². The summed E-state index contributed by atoms with van der Waals surface area (Å²) in [6.45, 7) is 10.4. The maximum atomic E-state index is 5.65. The molecule has 0 amide bonds. The summed E-state index contributed by atoms with van der Waals surface area (Å²) in [6.07, 6.45) is 1.13. The van der Waals surface area contributed by atoms with Crippen LogP contribution in [0.5, 0.6) is 0 Å². The molecule has 0 N–H and O–H groups in total. The van der Waals surface area contributed by atoms with Crippen molar-refractivity contribution in [3.8, 4) is 0 Å². The Balaban J connectivity index is 2.20. The van der Waals surface area contributed by atoms with Crippen molar-refractivity contribution in [3.63, 3.8) is 0 Å². The number of hydrogen-bond donors (Lipinski definition) is 0. The van der Waals surface area contributed by atoms with E-state index in [0.29, 0.717) is 11.6 Å². The first-order valence-corrected chi connectivity index (χ1v) is 7.59. The third kappa shape index (κ3) is 4.45. The van der Waals surface area contributed by atoms with Crippen molar-refractivity contribution in [2.45, 2.75) is 45.4 Å². The van der Waals surface area contributed by atoms with Crippen LogP contribution in [0, 0.1) is 6.92 Å². The maximum absolute atomic E-state index is 5.65. The molecule has 1 heterocycles. The SMILES string of the molecule is C[Si]C(C)(C)CCOCc1ncsc1C. The Morgan fingerprint density at radius 2 is 2.27 bits per heavy atom. The molecule has 1 rings (SSSR count). The van der Waals surface area contributed by atoms with Gasteiger partial charge in [-0.1, -0.05) is 20.4 Å². The molecule has 0 atom stereocenters. The predicted molar refractivity (Wildman–Crippen MR) is 66.8 cm³/mol. The average Bonchev–Trinajstić information content (AvgIpc) is 2.59. The van der Waals surface area contributed by atoms with Gasteiger partial charge in [0.1, 0.15) is 0 Å². The van der Waals surface area contributed by atoms with E-state index in [9.17, 15) is 0 Å². The van der Waals surface area contributed by atoms with Crippen molar-refractivity contribution in [2.24, 2.45) is 0 Å². The second-order valence-corrected chi connectivity index (χ2v) is 7.20. The zero-order chi connectivity index (χ0) is 11.3. The molecule has 2 nitrogen and oxygen atoms in total. The number of rotatable bonds is 6. The van der Waals surface area contributed by atoms with Gasteiger partial charge in [-0.05, 0) is 18.4 Å². The Morgan fingerprint density at radius 1 is 1.53 bits per heavy atom. The lowest BCUT2D eigenvalue weighted by molar-refractivity contribution is 0.109. The molecule has 0 saturated carbocycles. The van der Waals surface area contributed by atoms with Gasteiger partial charge in [-0.25, -0.2) is 4.98 Å². The lowest BCUT2D eigenvalue weighted by Crippen LogP contribution is -2.13. The molecule has 0 aliphatic rings. The monoisotopic (exact) mass is 241 g/mol. The fraction of sp³-hybridized carbons (Fsp3) is 0.727. The van der Waals surface area contributed by atoms with Gasteiger partial charge in [-0.3, -0.25) is 0 Å². The Kier molecular flexibility index (Phi) is 4.95. The molecule has 0 saturated heterocycles. The largest absolute Gasteiger partial charge is 0.375 e. The van der Waals surface area contributed by atoms with E-state index in [1.54, 1.807) is 11.3 Å². The Bertz CT molecular complexity index is 299. The highest BCUT2D eigenvalue weighted by Gasteiger charge is 2.15. The number of thiazole rings is 1. The topological polar surface area (TPSA) is 22.1 Å². The van der Waals surface area contributed by atoms with E-state index in [4.69, 9.17) is 4.74 Å². The summed E-state index contributed by atoms with van der Waals surface area (Å²) in [6, 6.07) is 0. The van der Waals surface area contributed by atoms with Crippen molar-refractivity contribution in [1.82, 2.24) is 4.98 Å². The maximum Gasteiger partial charge on any atom is 0.0899 e. The van der Waals surface area contributed by atoms with Crippen LogP contribution in [0.2, 0.25) is 11.6 Å². The summed E-state index contributed by atoms with van der Waals surface area (Å²) in [7, 11) is 0.972. The number of nitrogens with zero attached hydrogens (tertiary/aromatic N) is 1. The van der Waals surface area contributed by atoms with E-state index < -0.39 is 0 Å². The van der Waals surface area contributed by atoms with Gasteiger partial charge in [0.25, 0.3) is 0 Å². The smallest absolute Gasteiger partial charge is 0.0899 e. The number of hydrogen-bond acceptors (Lipinski definition) is 3. The predicted octanol–water partition coefficient (Wildman–Crippen LogP) is 3.31. The quantitative estimate of drug-likeness (QED) is 0.563. The highest BCUT2D eigenvalue weighted by atomic mass is 32.1. The molecule has 0 fully saturated rings. The van der Waals surface area contributed by atoms with Crippen LogP contribution < -0.4 is 0 Å². The van der Waals surface area contributed by atoms with Crippen molar-refractivity contribution < 1.29 is 4.74 Å². The summed E-state index contributed by atoms with van der Waals surface area (Å²) in [5.41, 5.74) is 2.97. The van der Waals surface area contributed by atoms with E-state index in [1.807, 2.05) is 5.51 Å². The van der Waals surface area contributed by atoms with Gasteiger partial charge < -0.3 is 4.74 Å². The van der Waals surface area contributed by atoms with Crippen LogP contribution in [-0.4, -0.2) is 21.1 Å². The van der Waals surface area contributed by atoms with Crippen molar-refractivity contribution >= 4 is 20.9 Å². The van der Waals surface area contributed by atoms with E-state index in [0.717, 1.165) is 28.2 Å². The normalized spacial score (nSPS) is 12.0. The van der Waals surface area contributed by atoms with Gasteiger partial charge in [0.15, 0.2) is 0 Å². The molecule has 1 aromatic rings. The molecule has 0 aliphatic carbocycles. The van der Waals surface area contributed by atoms with E-state index in [2.05, 4.69) is 32.3 Å². The van der Waals surface area contributed by atoms with Gasteiger partial charge in [0.2, 0.25) is 0 Å². The Hall–Kier alpha value is -0.193. The first-order valence-electron chi connectivity index (χ1n) is 5.21. The standard InChI is InChI=1S/C11H19NOSSi/c1-9-10(12-8-14-9)7-13-6-5-11(2,3)15-4/h8H,5-7H2,1-4H3. The van der Waals surface area contributed by atoms with Crippen LogP contribution in [0.1, 0.15) is 30.8 Å². The molecule has 4 heteroatoms. The highest BCUT2D eigenvalue weighted by Crippen LogP contribution is 2.27. The second-order valence-electron chi connectivity index (χ2n) is 4.29. The molecule has 0 bridgehead atoms. The zero-order valence-electron chi connectivity index (χ0n) is 9.96. The second kappa shape index (κ2) is 5.77. The third-order valence-electron chi connectivity index (χ3n) is 2.63. The molecule has 0 aromatic carbocycles. The van der Waals surface area contributed by atoms with Crippen LogP contribution in [0.3, 0.4) is 0 Å². The summed E-state index contributed by atoms with van der Waals surface area (Å²) in [4.78, 5) is 5.54. The summed E-state index contributed by atoms with van der Waals surface area (Å²) in [5.74, 6) is 0. The van der Waals surface area contributed by atoms with Gasteiger partial charge in [0.05, 0.1) is 17.8 Å². The summed E-state index contributed by atoms with van der Waals surface area (Å²) >= 11 is 1.68. The summed E-state index contributed by atoms with van der Waals surface area (Å²) < 4.78 is 5.65. The van der Waals surface area contributed by atoms with Gasteiger partial charge >= 0.3 is 0 Å². The van der Waals surface area contributed by atoms with Crippen molar-refractivity contribution in [1.29, 1.82) is 0 Å². The molecular weight excluding hydrogens is 222 g/mol. The molecule has 0 spiro atoms. The lowest BCUT2D eigenvalue weighted by Gasteiger charge is -2.21.